The summed E-state index contributed by atoms with van der Waals surface area (Å²) in [5.41, 5.74) is -0.127. The molecule has 0 saturated heterocycles. The van der Waals surface area contributed by atoms with Crippen LogP contribution in [0.5, 0.6) is 0 Å². The largest absolute Gasteiger partial charge is 0.461 e. The van der Waals surface area contributed by atoms with Gasteiger partial charge in [0.05, 0.1) is 19.0 Å². The van der Waals surface area contributed by atoms with Crippen molar-refractivity contribution < 1.29 is 22.7 Å². The van der Waals surface area contributed by atoms with Gasteiger partial charge in [-0.2, -0.15) is 23.4 Å². The molecule has 0 fully saturated rings. The van der Waals surface area contributed by atoms with Crippen molar-refractivity contribution in [1.29, 1.82) is 0 Å². The molecule has 0 aliphatic carbocycles. The van der Waals surface area contributed by atoms with Crippen molar-refractivity contribution in [1.82, 2.24) is 25.0 Å². The Hall–Kier alpha value is -2.69. The van der Waals surface area contributed by atoms with Crippen molar-refractivity contribution in [3.05, 3.63) is 40.9 Å². The van der Waals surface area contributed by atoms with Crippen LogP contribution < -0.4 is 0 Å². The number of rotatable bonds is 5. The Balaban J connectivity index is 1.59. The van der Waals surface area contributed by atoms with Gasteiger partial charge in [-0.25, -0.2) is 9.78 Å². The number of hydrogen-bond donors (Lipinski definition) is 1. The summed E-state index contributed by atoms with van der Waals surface area (Å²) in [6, 6.07) is 0. The average molecular weight is 371 g/mol. The van der Waals surface area contributed by atoms with Gasteiger partial charge >= 0.3 is 12.1 Å². The molecule has 3 heterocycles. The minimum Gasteiger partial charge on any atom is -0.461 e. The topological polar surface area (TPSA) is 85.7 Å². The van der Waals surface area contributed by atoms with Crippen LogP contribution in [0.3, 0.4) is 0 Å². The first-order valence-electron chi connectivity index (χ1n) is 7.05. The van der Waals surface area contributed by atoms with Crippen LogP contribution >= 0.6 is 11.3 Å². The predicted octanol–water partition coefficient (Wildman–Crippen LogP) is 2.69. The van der Waals surface area contributed by atoms with E-state index < -0.39 is 17.8 Å². The number of ether oxygens (including phenoxy) is 1. The number of alkyl halides is 3. The highest BCUT2D eigenvalue weighted by atomic mass is 32.1. The molecule has 7 nitrogen and oxygen atoms in total. The third-order valence-corrected chi connectivity index (χ3v) is 4.16. The highest BCUT2D eigenvalue weighted by Gasteiger charge is 2.35. The van der Waals surface area contributed by atoms with E-state index in [0.717, 1.165) is 11.8 Å². The second-order valence-corrected chi connectivity index (χ2v) is 5.95. The number of aromatic nitrogens is 5. The van der Waals surface area contributed by atoms with Gasteiger partial charge in [0.25, 0.3) is 0 Å². The van der Waals surface area contributed by atoms with Gasteiger partial charge in [0.15, 0.2) is 5.69 Å². The molecule has 0 spiro atoms. The Bertz CT molecular complexity index is 883. The van der Waals surface area contributed by atoms with Crippen molar-refractivity contribution in [2.45, 2.75) is 12.6 Å². The maximum absolute atomic E-state index is 12.7. The summed E-state index contributed by atoms with van der Waals surface area (Å²) in [6.45, 7) is -0.207. The van der Waals surface area contributed by atoms with Crippen LogP contribution in [0.15, 0.2) is 24.0 Å². The minimum absolute atomic E-state index is 0.0605. The number of aryl methyl sites for hydroxylation is 1. The van der Waals surface area contributed by atoms with Crippen LogP contribution in [-0.4, -0.2) is 37.5 Å². The lowest BCUT2D eigenvalue weighted by molar-refractivity contribution is -0.141. The van der Waals surface area contributed by atoms with Crippen LogP contribution in [0.25, 0.3) is 10.6 Å². The van der Waals surface area contributed by atoms with Gasteiger partial charge < -0.3 is 4.74 Å². The van der Waals surface area contributed by atoms with E-state index >= 15 is 0 Å². The Morgan fingerprint density at radius 3 is 2.88 bits per heavy atom. The molecule has 0 bridgehead atoms. The van der Waals surface area contributed by atoms with E-state index in [2.05, 4.69) is 15.2 Å². The standard InChI is InChI=1S/C14H12F3N5O2S/c1-22-6-9(5-19-22)12-20-10(7-25-12)13(23)24-3-2-8-4-18-21-11(8)14(15,16)17/h4-7H,2-3H2,1H3,(H,18,21). The number of carbonyl (C=O) groups is 1. The molecule has 0 aliphatic rings. The van der Waals surface area contributed by atoms with E-state index in [1.807, 2.05) is 5.10 Å². The summed E-state index contributed by atoms with van der Waals surface area (Å²) in [7, 11) is 1.76. The van der Waals surface area contributed by atoms with E-state index in [-0.39, 0.29) is 24.3 Å². The first kappa shape index (κ1) is 17.1. The first-order chi connectivity index (χ1) is 11.8. The SMILES string of the molecule is Cn1cc(-c2nc(C(=O)OCCc3cn[nH]c3C(F)(F)F)cs2)cn1. The molecule has 0 amide bonds. The molecule has 11 heteroatoms. The molecule has 0 unspecified atom stereocenters. The van der Waals surface area contributed by atoms with Crippen molar-refractivity contribution in [3.63, 3.8) is 0 Å². The number of thiazole rings is 1. The van der Waals surface area contributed by atoms with Gasteiger partial charge in [-0.05, 0) is 0 Å². The first-order valence-corrected chi connectivity index (χ1v) is 7.93. The second-order valence-electron chi connectivity index (χ2n) is 5.09. The summed E-state index contributed by atoms with van der Waals surface area (Å²) in [6.07, 6.45) is -0.183. The zero-order chi connectivity index (χ0) is 18.0. The number of nitrogens with one attached hydrogen (secondary N) is 1. The van der Waals surface area contributed by atoms with Crippen molar-refractivity contribution in [2.24, 2.45) is 7.05 Å². The van der Waals surface area contributed by atoms with E-state index in [4.69, 9.17) is 4.74 Å². The molecule has 0 atom stereocenters. The lowest BCUT2D eigenvalue weighted by Gasteiger charge is -2.07. The van der Waals surface area contributed by atoms with Crippen molar-refractivity contribution in [2.75, 3.05) is 6.61 Å². The maximum atomic E-state index is 12.7. The van der Waals surface area contributed by atoms with E-state index in [1.54, 1.807) is 24.1 Å². The zero-order valence-corrected chi connectivity index (χ0v) is 13.7. The Morgan fingerprint density at radius 2 is 2.20 bits per heavy atom. The van der Waals surface area contributed by atoms with Crippen LogP contribution in [0, 0.1) is 0 Å². The van der Waals surface area contributed by atoms with Gasteiger partial charge in [-0.1, -0.05) is 0 Å². The number of halogens is 3. The summed E-state index contributed by atoms with van der Waals surface area (Å²) < 4.78 is 44.7. The number of nitrogens with zero attached hydrogens (tertiary/aromatic N) is 4. The fraction of sp³-hybridized carbons (Fsp3) is 0.286. The molecule has 132 valence electrons. The lowest BCUT2D eigenvalue weighted by atomic mass is 10.2. The van der Waals surface area contributed by atoms with Gasteiger partial charge in [-0.15, -0.1) is 11.3 Å². The molecule has 3 rings (SSSR count). The third-order valence-electron chi connectivity index (χ3n) is 3.27. The summed E-state index contributed by atoms with van der Waals surface area (Å²) >= 11 is 1.25. The number of H-pyrrole nitrogens is 1. The average Bonchev–Trinajstić information content (AvgIpc) is 3.25. The smallest absolute Gasteiger partial charge is 0.433 e. The fourth-order valence-corrected chi connectivity index (χ4v) is 2.87. The number of hydrogen-bond acceptors (Lipinski definition) is 6. The number of carbonyl (C=O) groups excluding carboxylic acids is 1. The molecule has 0 aliphatic heterocycles. The predicted molar refractivity (Wildman–Crippen MR) is 81.9 cm³/mol. The molecular formula is C14H12F3N5O2S. The second kappa shape index (κ2) is 6.67. The zero-order valence-electron chi connectivity index (χ0n) is 12.9. The van der Waals surface area contributed by atoms with Crippen LogP contribution in [0.2, 0.25) is 0 Å². The van der Waals surface area contributed by atoms with Crippen molar-refractivity contribution >= 4 is 17.3 Å². The monoisotopic (exact) mass is 371 g/mol. The summed E-state index contributed by atoms with van der Waals surface area (Å²) in [5.74, 6) is -0.691. The maximum Gasteiger partial charge on any atom is 0.433 e. The van der Waals surface area contributed by atoms with Crippen molar-refractivity contribution in [3.8, 4) is 10.6 Å². The third kappa shape index (κ3) is 3.87. The van der Waals surface area contributed by atoms with Gasteiger partial charge in [0, 0.05) is 36.2 Å². The van der Waals surface area contributed by atoms with E-state index in [9.17, 15) is 18.0 Å². The minimum atomic E-state index is -4.52. The Kier molecular flexibility index (Phi) is 4.57. The van der Waals surface area contributed by atoms with Crippen LogP contribution in [0.1, 0.15) is 21.7 Å². The summed E-state index contributed by atoms with van der Waals surface area (Å²) in [4.78, 5) is 16.1. The highest BCUT2D eigenvalue weighted by Crippen LogP contribution is 2.30. The fourth-order valence-electron chi connectivity index (χ4n) is 2.11. The Morgan fingerprint density at radius 1 is 1.40 bits per heavy atom. The van der Waals surface area contributed by atoms with Gasteiger partial charge in [0.2, 0.25) is 0 Å². The molecule has 3 aromatic rings. The number of aromatic amines is 1. The molecule has 0 aromatic carbocycles. The van der Waals surface area contributed by atoms with Gasteiger partial charge in [0.1, 0.15) is 10.7 Å². The molecule has 0 radical (unpaired) electrons. The van der Waals surface area contributed by atoms with E-state index in [1.165, 1.54) is 16.7 Å². The molecular weight excluding hydrogens is 359 g/mol. The Labute approximate surface area is 143 Å². The van der Waals surface area contributed by atoms with Crippen LogP contribution in [0.4, 0.5) is 13.2 Å². The lowest BCUT2D eigenvalue weighted by Crippen LogP contribution is -2.12. The molecule has 3 aromatic heterocycles. The molecule has 1 N–H and O–H groups in total. The van der Waals surface area contributed by atoms with Gasteiger partial charge in [-0.3, -0.25) is 9.78 Å². The number of esters is 1. The quantitative estimate of drug-likeness (QED) is 0.697. The highest BCUT2D eigenvalue weighted by molar-refractivity contribution is 7.13. The van der Waals surface area contributed by atoms with E-state index in [0.29, 0.717) is 5.01 Å². The normalized spacial score (nSPS) is 11.7. The molecule has 25 heavy (non-hydrogen) atoms. The summed E-state index contributed by atoms with van der Waals surface area (Å²) in [5, 5.41) is 11.4. The van der Waals surface area contributed by atoms with Crippen LogP contribution in [-0.2, 0) is 24.4 Å². The molecule has 0 saturated carbocycles.